The molecule has 0 saturated carbocycles. The number of methoxy groups -OCH3 is 1. The lowest BCUT2D eigenvalue weighted by Gasteiger charge is -2.22. The van der Waals surface area contributed by atoms with Crippen LogP contribution in [-0.4, -0.2) is 61.5 Å². The van der Waals surface area contributed by atoms with Gasteiger partial charge in [-0.1, -0.05) is 18.2 Å². The fraction of sp³-hybridized carbons (Fsp3) is 0.467. The first kappa shape index (κ1) is 14.5. The molecule has 0 spiro atoms. The summed E-state index contributed by atoms with van der Waals surface area (Å²) in [5.41, 5.74) is 0.698. The highest BCUT2D eigenvalue weighted by atomic mass is 16.5. The number of benzene rings is 1. The number of carbonyl (C=O) groups is 2. The summed E-state index contributed by atoms with van der Waals surface area (Å²) in [6.07, 6.45) is 0.800. The van der Waals surface area contributed by atoms with Crippen LogP contribution >= 0.6 is 0 Å². The summed E-state index contributed by atoms with van der Waals surface area (Å²) in [7, 11) is 1.51. The second kappa shape index (κ2) is 7.05. The van der Waals surface area contributed by atoms with E-state index in [9.17, 15) is 9.59 Å². The van der Waals surface area contributed by atoms with Gasteiger partial charge >= 0.3 is 0 Å². The zero-order valence-electron chi connectivity index (χ0n) is 11.7. The summed E-state index contributed by atoms with van der Waals surface area (Å²) in [6, 6.07) is 9.26. The maximum atomic E-state index is 12.4. The van der Waals surface area contributed by atoms with E-state index < -0.39 is 0 Å². The molecule has 0 radical (unpaired) electrons. The predicted octanol–water partition coefficient (Wildman–Crippen LogP) is 1.01. The Morgan fingerprint density at radius 3 is 2.40 bits per heavy atom. The Morgan fingerprint density at radius 1 is 1.05 bits per heavy atom. The van der Waals surface area contributed by atoms with Gasteiger partial charge in [0.2, 0.25) is 5.91 Å². The van der Waals surface area contributed by atoms with Crippen molar-refractivity contribution in [3.8, 4) is 0 Å². The molecular formula is C15H20N2O3. The first-order valence-electron chi connectivity index (χ1n) is 6.83. The Morgan fingerprint density at radius 2 is 1.70 bits per heavy atom. The van der Waals surface area contributed by atoms with Crippen molar-refractivity contribution in [2.75, 3.05) is 39.9 Å². The highest BCUT2D eigenvalue weighted by molar-refractivity contribution is 5.94. The Kier molecular flexibility index (Phi) is 5.12. The summed E-state index contributed by atoms with van der Waals surface area (Å²) in [4.78, 5) is 27.7. The van der Waals surface area contributed by atoms with Gasteiger partial charge in [-0.2, -0.15) is 0 Å². The molecule has 2 rings (SSSR count). The number of rotatable bonds is 3. The monoisotopic (exact) mass is 276 g/mol. The third-order valence-corrected chi connectivity index (χ3v) is 3.42. The van der Waals surface area contributed by atoms with Crippen LogP contribution in [0.2, 0.25) is 0 Å². The Balaban J connectivity index is 1.96. The van der Waals surface area contributed by atoms with Crippen LogP contribution in [0, 0.1) is 0 Å². The minimum absolute atomic E-state index is 0.0125. The first-order chi connectivity index (χ1) is 9.72. The summed E-state index contributed by atoms with van der Waals surface area (Å²) >= 11 is 0. The lowest BCUT2D eigenvalue weighted by molar-refractivity contribution is -0.135. The second-order valence-electron chi connectivity index (χ2n) is 4.83. The molecule has 1 fully saturated rings. The molecule has 1 aliphatic heterocycles. The van der Waals surface area contributed by atoms with Crippen molar-refractivity contribution >= 4 is 11.8 Å². The van der Waals surface area contributed by atoms with Crippen LogP contribution in [0.5, 0.6) is 0 Å². The van der Waals surface area contributed by atoms with E-state index >= 15 is 0 Å². The number of hydrogen-bond acceptors (Lipinski definition) is 3. The van der Waals surface area contributed by atoms with Gasteiger partial charge in [-0.25, -0.2) is 0 Å². The standard InChI is InChI=1S/C15H20N2O3/c1-20-12-14(18)16-8-5-9-17(11-10-16)15(19)13-6-3-2-4-7-13/h2-4,6-7H,5,8-12H2,1H3. The molecule has 0 unspecified atom stereocenters. The van der Waals surface area contributed by atoms with Gasteiger partial charge in [0.15, 0.2) is 0 Å². The minimum atomic E-state index is -0.0125. The SMILES string of the molecule is COCC(=O)N1CCCN(C(=O)c2ccccc2)CC1. The van der Waals surface area contributed by atoms with Crippen LogP contribution in [0.1, 0.15) is 16.8 Å². The van der Waals surface area contributed by atoms with Crippen LogP contribution in [0.25, 0.3) is 0 Å². The van der Waals surface area contributed by atoms with Crippen molar-refractivity contribution in [1.29, 1.82) is 0 Å². The third kappa shape index (κ3) is 3.57. The van der Waals surface area contributed by atoms with Crippen molar-refractivity contribution in [2.45, 2.75) is 6.42 Å². The first-order valence-corrected chi connectivity index (χ1v) is 6.83. The molecule has 5 nitrogen and oxygen atoms in total. The smallest absolute Gasteiger partial charge is 0.253 e. The summed E-state index contributed by atoms with van der Waals surface area (Å²) in [6.45, 7) is 2.61. The summed E-state index contributed by atoms with van der Waals surface area (Å²) in [5.74, 6) is 0.0214. The quantitative estimate of drug-likeness (QED) is 0.828. The molecule has 1 aliphatic rings. The van der Waals surface area contributed by atoms with Crippen molar-refractivity contribution in [1.82, 2.24) is 9.80 Å². The molecule has 0 N–H and O–H groups in total. The predicted molar refractivity (Wildman–Crippen MR) is 75.4 cm³/mol. The van der Waals surface area contributed by atoms with Crippen LogP contribution in [0.3, 0.4) is 0 Å². The highest BCUT2D eigenvalue weighted by Crippen LogP contribution is 2.09. The average Bonchev–Trinajstić information content (AvgIpc) is 2.73. The fourth-order valence-corrected chi connectivity index (χ4v) is 2.35. The Hall–Kier alpha value is -1.88. The van der Waals surface area contributed by atoms with E-state index in [1.807, 2.05) is 35.2 Å². The Labute approximate surface area is 119 Å². The summed E-state index contributed by atoms with van der Waals surface area (Å²) < 4.78 is 4.87. The number of hydrogen-bond donors (Lipinski definition) is 0. The van der Waals surface area contributed by atoms with Crippen LogP contribution in [-0.2, 0) is 9.53 Å². The number of ether oxygens (including phenoxy) is 1. The van der Waals surface area contributed by atoms with Crippen LogP contribution in [0.4, 0.5) is 0 Å². The zero-order valence-corrected chi connectivity index (χ0v) is 11.7. The molecule has 1 heterocycles. The van der Waals surface area contributed by atoms with Gasteiger partial charge in [0.1, 0.15) is 6.61 Å². The number of carbonyl (C=O) groups excluding carboxylic acids is 2. The van der Waals surface area contributed by atoms with E-state index in [4.69, 9.17) is 4.74 Å². The topological polar surface area (TPSA) is 49.9 Å². The molecule has 0 aliphatic carbocycles. The molecule has 1 aromatic rings. The van der Waals surface area contributed by atoms with E-state index in [0.29, 0.717) is 31.7 Å². The molecule has 0 bridgehead atoms. The molecule has 0 aromatic heterocycles. The minimum Gasteiger partial charge on any atom is -0.375 e. The maximum absolute atomic E-state index is 12.4. The zero-order chi connectivity index (χ0) is 14.4. The van der Waals surface area contributed by atoms with Gasteiger partial charge in [-0.15, -0.1) is 0 Å². The van der Waals surface area contributed by atoms with E-state index in [-0.39, 0.29) is 18.4 Å². The van der Waals surface area contributed by atoms with Crippen LogP contribution in [0.15, 0.2) is 30.3 Å². The molecule has 20 heavy (non-hydrogen) atoms. The second-order valence-corrected chi connectivity index (χ2v) is 4.83. The van der Waals surface area contributed by atoms with Gasteiger partial charge in [0.05, 0.1) is 0 Å². The molecular weight excluding hydrogens is 256 g/mol. The molecule has 5 heteroatoms. The van der Waals surface area contributed by atoms with Crippen molar-refractivity contribution in [3.05, 3.63) is 35.9 Å². The van der Waals surface area contributed by atoms with Gasteiger partial charge < -0.3 is 14.5 Å². The van der Waals surface area contributed by atoms with Gasteiger partial charge in [0, 0.05) is 38.9 Å². The van der Waals surface area contributed by atoms with Crippen molar-refractivity contribution in [2.24, 2.45) is 0 Å². The number of nitrogens with zero attached hydrogens (tertiary/aromatic N) is 2. The molecule has 1 aromatic carbocycles. The fourth-order valence-electron chi connectivity index (χ4n) is 2.35. The lowest BCUT2D eigenvalue weighted by Crippen LogP contribution is -2.38. The van der Waals surface area contributed by atoms with E-state index in [2.05, 4.69) is 0 Å². The van der Waals surface area contributed by atoms with Crippen molar-refractivity contribution in [3.63, 3.8) is 0 Å². The van der Waals surface area contributed by atoms with E-state index in [1.54, 1.807) is 4.90 Å². The number of amides is 2. The molecule has 108 valence electrons. The highest BCUT2D eigenvalue weighted by Gasteiger charge is 2.22. The molecule has 0 atom stereocenters. The third-order valence-electron chi connectivity index (χ3n) is 3.42. The van der Waals surface area contributed by atoms with Gasteiger partial charge in [-0.3, -0.25) is 9.59 Å². The molecule has 2 amide bonds. The van der Waals surface area contributed by atoms with Crippen LogP contribution < -0.4 is 0 Å². The normalized spacial score (nSPS) is 15.8. The van der Waals surface area contributed by atoms with Crippen molar-refractivity contribution < 1.29 is 14.3 Å². The Bertz CT molecular complexity index is 461. The average molecular weight is 276 g/mol. The largest absolute Gasteiger partial charge is 0.375 e. The maximum Gasteiger partial charge on any atom is 0.253 e. The van der Waals surface area contributed by atoms with Gasteiger partial charge in [-0.05, 0) is 18.6 Å². The molecule has 1 saturated heterocycles. The van der Waals surface area contributed by atoms with E-state index in [1.165, 1.54) is 7.11 Å². The summed E-state index contributed by atoms with van der Waals surface area (Å²) in [5, 5.41) is 0. The lowest BCUT2D eigenvalue weighted by atomic mass is 10.2. The van der Waals surface area contributed by atoms with E-state index in [0.717, 1.165) is 6.42 Å². The van der Waals surface area contributed by atoms with Gasteiger partial charge in [0.25, 0.3) is 5.91 Å².